The van der Waals surface area contributed by atoms with Gasteiger partial charge in [-0.3, -0.25) is 9.59 Å². The molecule has 1 aliphatic heterocycles. The zero-order valence-electron chi connectivity index (χ0n) is 18.5. The molecular formula is C25H25BrN4O4. The van der Waals surface area contributed by atoms with Gasteiger partial charge in [0.05, 0.1) is 11.7 Å². The van der Waals surface area contributed by atoms with E-state index in [4.69, 9.17) is 0 Å². The van der Waals surface area contributed by atoms with E-state index in [1.165, 1.54) is 11.1 Å². The standard InChI is InChI=1S/C25H25BrN4O4/c26-14-16-10-11-20(19-8-2-1-7-18(16)19)23(31)29-21-9-5-12-27-22(21)24(32)28-15-17-6-3-4-13-30(17)25(33)34/h1-2,5,7-12,17H,3-4,6,13-15H2,(H,28,32)(H,29,31)(H,33,34). The summed E-state index contributed by atoms with van der Waals surface area (Å²) in [6, 6.07) is 14.3. The molecule has 0 aliphatic carbocycles. The Morgan fingerprint density at radius 3 is 2.59 bits per heavy atom. The Hall–Kier alpha value is -3.46. The van der Waals surface area contributed by atoms with Gasteiger partial charge in [-0.15, -0.1) is 0 Å². The van der Waals surface area contributed by atoms with Crippen LogP contribution >= 0.6 is 15.9 Å². The van der Waals surface area contributed by atoms with E-state index in [0.717, 1.165) is 29.2 Å². The van der Waals surface area contributed by atoms with E-state index in [0.29, 0.717) is 23.9 Å². The highest BCUT2D eigenvalue weighted by molar-refractivity contribution is 9.08. The summed E-state index contributed by atoms with van der Waals surface area (Å²) in [6.07, 6.45) is 2.92. The summed E-state index contributed by atoms with van der Waals surface area (Å²) >= 11 is 3.49. The van der Waals surface area contributed by atoms with Gasteiger partial charge >= 0.3 is 6.09 Å². The Morgan fingerprint density at radius 2 is 1.82 bits per heavy atom. The predicted molar refractivity (Wildman–Crippen MR) is 133 cm³/mol. The van der Waals surface area contributed by atoms with E-state index in [9.17, 15) is 19.5 Å². The van der Waals surface area contributed by atoms with Crippen LogP contribution < -0.4 is 10.6 Å². The number of fused-ring (bicyclic) bond motifs is 1. The van der Waals surface area contributed by atoms with Crippen LogP contribution in [0.1, 0.15) is 45.7 Å². The summed E-state index contributed by atoms with van der Waals surface area (Å²) in [6.45, 7) is 0.649. The van der Waals surface area contributed by atoms with Gasteiger partial charge in [0.25, 0.3) is 11.8 Å². The van der Waals surface area contributed by atoms with Gasteiger partial charge in [0, 0.05) is 30.2 Å². The first-order valence-corrected chi connectivity index (χ1v) is 12.2. The first-order valence-electron chi connectivity index (χ1n) is 11.1. The number of nitrogens with zero attached hydrogens (tertiary/aromatic N) is 2. The van der Waals surface area contributed by atoms with Gasteiger partial charge < -0.3 is 20.6 Å². The maximum Gasteiger partial charge on any atom is 0.407 e. The molecule has 8 nitrogen and oxygen atoms in total. The molecule has 4 rings (SSSR count). The predicted octanol–water partition coefficient (Wildman–Crippen LogP) is 4.64. The number of carbonyl (C=O) groups is 3. The van der Waals surface area contributed by atoms with Crippen molar-refractivity contribution < 1.29 is 19.5 Å². The Morgan fingerprint density at radius 1 is 1.03 bits per heavy atom. The van der Waals surface area contributed by atoms with Gasteiger partial charge in [-0.1, -0.05) is 46.3 Å². The number of benzene rings is 2. The number of alkyl halides is 1. The van der Waals surface area contributed by atoms with E-state index in [-0.39, 0.29) is 29.9 Å². The molecule has 1 fully saturated rings. The molecule has 3 N–H and O–H groups in total. The molecule has 1 aromatic heterocycles. The van der Waals surface area contributed by atoms with Crippen LogP contribution in [0.3, 0.4) is 0 Å². The summed E-state index contributed by atoms with van der Waals surface area (Å²) < 4.78 is 0. The molecule has 1 unspecified atom stereocenters. The highest BCUT2D eigenvalue weighted by atomic mass is 79.9. The van der Waals surface area contributed by atoms with Crippen LogP contribution in [0.2, 0.25) is 0 Å². The van der Waals surface area contributed by atoms with E-state index in [1.807, 2.05) is 30.3 Å². The quantitative estimate of drug-likeness (QED) is 0.406. The molecule has 2 aromatic carbocycles. The molecule has 1 atom stereocenters. The lowest BCUT2D eigenvalue weighted by Crippen LogP contribution is -2.49. The van der Waals surface area contributed by atoms with Gasteiger partial charge in [-0.25, -0.2) is 9.78 Å². The minimum atomic E-state index is -0.983. The van der Waals surface area contributed by atoms with Crippen LogP contribution in [0.5, 0.6) is 0 Å². The van der Waals surface area contributed by atoms with Crippen molar-refractivity contribution in [3.8, 4) is 0 Å². The smallest absolute Gasteiger partial charge is 0.407 e. The van der Waals surface area contributed by atoms with Crippen LogP contribution in [0.25, 0.3) is 10.8 Å². The van der Waals surface area contributed by atoms with Crippen LogP contribution in [0.4, 0.5) is 10.5 Å². The molecule has 3 aromatic rings. The molecule has 9 heteroatoms. The lowest BCUT2D eigenvalue weighted by Gasteiger charge is -2.33. The molecule has 1 saturated heterocycles. The number of rotatable bonds is 6. The third-order valence-electron chi connectivity index (χ3n) is 6.05. The number of aromatic nitrogens is 1. The maximum absolute atomic E-state index is 13.2. The molecule has 0 radical (unpaired) electrons. The first kappa shape index (κ1) is 23.7. The van der Waals surface area contributed by atoms with E-state index < -0.39 is 12.0 Å². The second-order valence-electron chi connectivity index (χ2n) is 8.14. The molecule has 1 aliphatic rings. The second kappa shape index (κ2) is 10.6. The number of hydrogen-bond acceptors (Lipinski definition) is 4. The molecule has 0 bridgehead atoms. The van der Waals surface area contributed by atoms with E-state index >= 15 is 0 Å². The van der Waals surface area contributed by atoms with Gasteiger partial charge in [0.1, 0.15) is 0 Å². The summed E-state index contributed by atoms with van der Waals surface area (Å²) in [4.78, 5) is 43.1. The minimum absolute atomic E-state index is 0.0786. The summed E-state index contributed by atoms with van der Waals surface area (Å²) in [7, 11) is 0. The monoisotopic (exact) mass is 524 g/mol. The molecule has 176 valence electrons. The van der Waals surface area contributed by atoms with Gasteiger partial charge in [-0.05, 0) is 53.8 Å². The van der Waals surface area contributed by atoms with Crippen LogP contribution in [0.15, 0.2) is 54.7 Å². The number of amides is 3. The summed E-state index contributed by atoms with van der Waals surface area (Å²) in [5.74, 6) is -0.810. The van der Waals surface area contributed by atoms with Crippen molar-refractivity contribution in [3.63, 3.8) is 0 Å². The zero-order valence-corrected chi connectivity index (χ0v) is 20.0. The third kappa shape index (κ3) is 5.04. The molecule has 0 spiro atoms. The molecule has 2 heterocycles. The lowest BCUT2D eigenvalue weighted by molar-refractivity contribution is 0.0879. The van der Waals surface area contributed by atoms with Gasteiger partial charge in [-0.2, -0.15) is 0 Å². The van der Waals surface area contributed by atoms with Crippen LogP contribution in [-0.2, 0) is 5.33 Å². The van der Waals surface area contributed by atoms with Crippen LogP contribution in [-0.4, -0.2) is 52.0 Å². The van der Waals surface area contributed by atoms with Crippen molar-refractivity contribution in [2.24, 2.45) is 0 Å². The fraction of sp³-hybridized carbons (Fsp3) is 0.280. The van der Waals surface area contributed by atoms with E-state index in [2.05, 4.69) is 31.5 Å². The van der Waals surface area contributed by atoms with Gasteiger partial charge in [0.2, 0.25) is 0 Å². The summed E-state index contributed by atoms with van der Waals surface area (Å²) in [5.41, 5.74) is 1.94. The van der Waals surface area contributed by atoms with Crippen molar-refractivity contribution in [1.29, 1.82) is 0 Å². The Kier molecular flexibility index (Phi) is 7.42. The Balaban J connectivity index is 1.52. The first-order chi connectivity index (χ1) is 16.5. The highest BCUT2D eigenvalue weighted by Crippen LogP contribution is 2.26. The number of carbonyl (C=O) groups excluding carboxylic acids is 2. The van der Waals surface area contributed by atoms with Crippen LogP contribution in [0, 0.1) is 0 Å². The van der Waals surface area contributed by atoms with Gasteiger partial charge in [0.15, 0.2) is 5.69 Å². The minimum Gasteiger partial charge on any atom is -0.465 e. The average Bonchev–Trinajstić information content (AvgIpc) is 2.87. The van der Waals surface area contributed by atoms with E-state index in [1.54, 1.807) is 18.2 Å². The summed E-state index contributed by atoms with van der Waals surface area (Å²) in [5, 5.41) is 17.5. The molecular weight excluding hydrogens is 500 g/mol. The second-order valence-corrected chi connectivity index (χ2v) is 8.70. The molecule has 0 saturated carbocycles. The zero-order chi connectivity index (χ0) is 24.1. The number of nitrogens with one attached hydrogen (secondary N) is 2. The van der Waals surface area contributed by atoms with Crippen molar-refractivity contribution in [2.75, 3.05) is 18.4 Å². The Bertz CT molecular complexity index is 1230. The number of halogens is 1. The van der Waals surface area contributed by atoms with Crippen molar-refractivity contribution in [2.45, 2.75) is 30.6 Å². The fourth-order valence-corrected chi connectivity index (χ4v) is 4.80. The van der Waals surface area contributed by atoms with Crippen molar-refractivity contribution in [3.05, 3.63) is 71.5 Å². The SMILES string of the molecule is O=C(NCC1CCCCN1C(=O)O)c1ncccc1NC(=O)c1ccc(CBr)c2ccccc12. The number of likely N-dealkylation sites (tertiary alicyclic amines) is 1. The third-order valence-corrected chi connectivity index (χ3v) is 6.65. The fourth-order valence-electron chi connectivity index (χ4n) is 4.31. The molecule has 34 heavy (non-hydrogen) atoms. The number of piperidine rings is 1. The lowest BCUT2D eigenvalue weighted by atomic mass is 10.00. The average molecular weight is 525 g/mol. The Labute approximate surface area is 205 Å². The molecule has 3 amide bonds. The van der Waals surface area contributed by atoms with Crippen molar-refractivity contribution >= 4 is 50.3 Å². The number of anilines is 1. The number of pyridine rings is 1. The normalized spacial score (nSPS) is 15.7. The topological polar surface area (TPSA) is 112 Å². The highest BCUT2D eigenvalue weighted by Gasteiger charge is 2.27. The number of hydrogen-bond donors (Lipinski definition) is 3. The largest absolute Gasteiger partial charge is 0.465 e. The van der Waals surface area contributed by atoms with Crippen molar-refractivity contribution in [1.82, 2.24) is 15.2 Å². The maximum atomic E-state index is 13.2. The number of carboxylic acid groups (broad SMARTS) is 1.